The first-order chi connectivity index (χ1) is 11.3. The van der Waals surface area contributed by atoms with Gasteiger partial charge in [0, 0.05) is 42.6 Å². The molecule has 23 heavy (non-hydrogen) atoms. The lowest BCUT2D eigenvalue weighted by atomic mass is 9.85. The Balaban J connectivity index is 1.49. The summed E-state index contributed by atoms with van der Waals surface area (Å²) >= 11 is 0. The summed E-state index contributed by atoms with van der Waals surface area (Å²) in [7, 11) is 0. The first kappa shape index (κ1) is 14.4. The fourth-order valence-corrected chi connectivity index (χ4v) is 4.16. The number of rotatable bonds is 4. The van der Waals surface area contributed by atoms with E-state index >= 15 is 0 Å². The molecule has 2 bridgehead atoms. The van der Waals surface area contributed by atoms with Crippen molar-refractivity contribution in [2.24, 2.45) is 17.8 Å². The molecule has 2 aromatic rings. The van der Waals surface area contributed by atoms with Crippen LogP contribution in [0.3, 0.4) is 0 Å². The van der Waals surface area contributed by atoms with E-state index in [1.165, 1.54) is 6.42 Å². The molecular formula is C17H19N3O3. The van der Waals surface area contributed by atoms with Crippen molar-refractivity contribution in [1.29, 1.82) is 0 Å². The molecule has 1 amide bonds. The number of carbonyl (C=O) groups is 1. The molecule has 0 aliphatic heterocycles. The zero-order valence-electron chi connectivity index (χ0n) is 12.7. The summed E-state index contributed by atoms with van der Waals surface area (Å²) in [6.07, 6.45) is 6.74. The van der Waals surface area contributed by atoms with Gasteiger partial charge in [-0.2, -0.15) is 0 Å². The van der Waals surface area contributed by atoms with E-state index in [2.05, 4.69) is 15.5 Å². The maximum atomic E-state index is 12.5. The van der Waals surface area contributed by atoms with Crippen molar-refractivity contribution in [2.45, 2.75) is 25.3 Å². The minimum absolute atomic E-state index is 0.0484. The van der Waals surface area contributed by atoms with Crippen LogP contribution in [-0.4, -0.2) is 33.8 Å². The Labute approximate surface area is 133 Å². The maximum Gasteiger partial charge on any atom is 0.273 e. The van der Waals surface area contributed by atoms with Crippen molar-refractivity contribution in [3.63, 3.8) is 0 Å². The highest BCUT2D eigenvalue weighted by Gasteiger charge is 2.47. The van der Waals surface area contributed by atoms with Crippen molar-refractivity contribution >= 4 is 5.91 Å². The van der Waals surface area contributed by atoms with Gasteiger partial charge in [0.1, 0.15) is 0 Å². The Bertz CT molecular complexity index is 700. The van der Waals surface area contributed by atoms with Gasteiger partial charge < -0.3 is 14.9 Å². The number of hydrogen-bond donors (Lipinski definition) is 2. The van der Waals surface area contributed by atoms with Crippen LogP contribution < -0.4 is 5.32 Å². The Morgan fingerprint density at radius 1 is 1.30 bits per heavy atom. The number of amides is 1. The van der Waals surface area contributed by atoms with Gasteiger partial charge in [-0.3, -0.25) is 9.78 Å². The quantitative estimate of drug-likeness (QED) is 0.899. The first-order valence-electron chi connectivity index (χ1n) is 8.05. The molecular weight excluding hydrogens is 294 g/mol. The molecule has 2 aliphatic carbocycles. The molecule has 4 unspecified atom stereocenters. The van der Waals surface area contributed by atoms with Crippen LogP contribution in [0.25, 0.3) is 11.3 Å². The van der Waals surface area contributed by atoms with E-state index in [0.717, 1.165) is 18.4 Å². The monoisotopic (exact) mass is 313 g/mol. The molecule has 6 nitrogen and oxygen atoms in total. The van der Waals surface area contributed by atoms with Crippen LogP contribution in [0, 0.1) is 17.8 Å². The van der Waals surface area contributed by atoms with Crippen LogP contribution in [0.4, 0.5) is 0 Å². The molecule has 4 rings (SSSR count). The van der Waals surface area contributed by atoms with Gasteiger partial charge in [0.25, 0.3) is 5.91 Å². The van der Waals surface area contributed by atoms with E-state index < -0.39 is 0 Å². The molecule has 2 aromatic heterocycles. The fourth-order valence-electron chi connectivity index (χ4n) is 4.16. The van der Waals surface area contributed by atoms with Crippen LogP contribution >= 0.6 is 0 Å². The fraction of sp³-hybridized carbons (Fsp3) is 0.471. The second kappa shape index (κ2) is 5.77. The Hall–Kier alpha value is -2.21. The van der Waals surface area contributed by atoms with Gasteiger partial charge in [-0.25, -0.2) is 0 Å². The van der Waals surface area contributed by atoms with Crippen molar-refractivity contribution < 1.29 is 14.4 Å². The normalized spacial score (nSPS) is 28.9. The van der Waals surface area contributed by atoms with Crippen molar-refractivity contribution in [2.75, 3.05) is 6.61 Å². The number of carbonyl (C=O) groups excluding carboxylic acids is 1. The summed E-state index contributed by atoms with van der Waals surface area (Å²) in [4.78, 5) is 16.4. The van der Waals surface area contributed by atoms with Crippen LogP contribution in [0.15, 0.2) is 35.1 Å². The number of fused-ring (bicyclic) bond motifs is 2. The number of nitrogens with zero attached hydrogens (tertiary/aromatic N) is 2. The largest absolute Gasteiger partial charge is 0.396 e. The van der Waals surface area contributed by atoms with Crippen LogP contribution in [0.2, 0.25) is 0 Å². The van der Waals surface area contributed by atoms with E-state index in [1.54, 1.807) is 30.6 Å². The minimum atomic E-state index is -0.231. The van der Waals surface area contributed by atoms with E-state index in [-0.39, 0.29) is 30.2 Å². The minimum Gasteiger partial charge on any atom is -0.396 e. The van der Waals surface area contributed by atoms with Gasteiger partial charge in [0.05, 0.1) is 0 Å². The number of aliphatic hydroxyl groups is 1. The standard InChI is InChI=1S/C17H19N3O3/c21-9-13-11-1-2-12(7-11)16(13)19-17(22)14-8-15(23-20-14)10-3-5-18-6-4-10/h3-6,8,11-13,16,21H,1-2,7,9H2,(H,19,22). The van der Waals surface area contributed by atoms with Crippen LogP contribution in [-0.2, 0) is 0 Å². The molecule has 6 heteroatoms. The molecule has 2 heterocycles. The highest BCUT2D eigenvalue weighted by molar-refractivity contribution is 5.93. The number of nitrogens with one attached hydrogen (secondary N) is 1. The van der Waals surface area contributed by atoms with Gasteiger partial charge in [0.2, 0.25) is 0 Å². The number of pyridine rings is 1. The molecule has 120 valence electrons. The van der Waals surface area contributed by atoms with Gasteiger partial charge in [0.15, 0.2) is 11.5 Å². The summed E-state index contributed by atoms with van der Waals surface area (Å²) in [6, 6.07) is 5.30. The highest BCUT2D eigenvalue weighted by Crippen LogP contribution is 2.48. The predicted molar refractivity (Wildman–Crippen MR) is 82.4 cm³/mol. The lowest BCUT2D eigenvalue weighted by Crippen LogP contribution is -2.45. The summed E-state index contributed by atoms with van der Waals surface area (Å²) in [5.74, 6) is 1.51. The van der Waals surface area contributed by atoms with Crippen molar-refractivity contribution in [3.05, 3.63) is 36.3 Å². The third-order valence-corrected chi connectivity index (χ3v) is 5.30. The topological polar surface area (TPSA) is 88.2 Å². The van der Waals surface area contributed by atoms with Gasteiger partial charge in [-0.05, 0) is 43.2 Å². The predicted octanol–water partition coefficient (Wildman–Crippen LogP) is 1.87. The Morgan fingerprint density at radius 3 is 2.87 bits per heavy atom. The zero-order chi connectivity index (χ0) is 15.8. The van der Waals surface area contributed by atoms with Gasteiger partial charge in [-0.15, -0.1) is 0 Å². The molecule has 0 aromatic carbocycles. The summed E-state index contributed by atoms with van der Waals surface area (Å²) in [5, 5.41) is 16.5. The molecule has 2 saturated carbocycles. The average Bonchev–Trinajstić information content (AvgIpc) is 3.31. The molecule has 4 atom stereocenters. The lowest BCUT2D eigenvalue weighted by Gasteiger charge is -2.30. The molecule has 2 N–H and O–H groups in total. The third kappa shape index (κ3) is 2.53. The van der Waals surface area contributed by atoms with E-state index in [1.807, 2.05) is 0 Å². The van der Waals surface area contributed by atoms with E-state index in [9.17, 15) is 9.90 Å². The highest BCUT2D eigenvalue weighted by atomic mass is 16.5. The molecule has 2 fully saturated rings. The summed E-state index contributed by atoms with van der Waals surface area (Å²) < 4.78 is 5.26. The number of aliphatic hydroxyl groups excluding tert-OH is 1. The van der Waals surface area contributed by atoms with Gasteiger partial charge >= 0.3 is 0 Å². The smallest absolute Gasteiger partial charge is 0.273 e. The van der Waals surface area contributed by atoms with Crippen LogP contribution in [0.1, 0.15) is 29.8 Å². The Morgan fingerprint density at radius 2 is 2.09 bits per heavy atom. The second-order valence-corrected chi connectivity index (χ2v) is 6.49. The molecule has 0 radical (unpaired) electrons. The van der Waals surface area contributed by atoms with E-state index in [0.29, 0.717) is 17.6 Å². The third-order valence-electron chi connectivity index (χ3n) is 5.30. The first-order valence-corrected chi connectivity index (χ1v) is 8.05. The van der Waals surface area contributed by atoms with E-state index in [4.69, 9.17) is 4.52 Å². The molecule has 2 aliphatic rings. The molecule has 0 spiro atoms. The van der Waals surface area contributed by atoms with Crippen molar-refractivity contribution in [1.82, 2.24) is 15.5 Å². The second-order valence-electron chi connectivity index (χ2n) is 6.49. The Kier molecular flexibility index (Phi) is 3.61. The zero-order valence-corrected chi connectivity index (χ0v) is 12.7. The maximum absolute atomic E-state index is 12.5. The van der Waals surface area contributed by atoms with Crippen molar-refractivity contribution in [3.8, 4) is 11.3 Å². The average molecular weight is 313 g/mol. The summed E-state index contributed by atoms with van der Waals surface area (Å²) in [5.41, 5.74) is 1.11. The number of hydrogen-bond acceptors (Lipinski definition) is 5. The lowest BCUT2D eigenvalue weighted by molar-refractivity contribution is 0.0853. The number of aromatic nitrogens is 2. The summed E-state index contributed by atoms with van der Waals surface area (Å²) in [6.45, 7) is 0.132. The SMILES string of the molecule is O=C(NC1C2CCC(C2)C1CO)c1cc(-c2ccncc2)on1. The van der Waals surface area contributed by atoms with Gasteiger partial charge in [-0.1, -0.05) is 5.16 Å². The molecule has 0 saturated heterocycles. The van der Waals surface area contributed by atoms with Crippen LogP contribution in [0.5, 0.6) is 0 Å².